The van der Waals surface area contributed by atoms with E-state index in [1.807, 2.05) is 0 Å². The van der Waals surface area contributed by atoms with Gasteiger partial charge in [0.1, 0.15) is 17.3 Å². The maximum atomic E-state index is 13.4. The molecule has 1 aromatic heterocycles. The number of fused-ring (bicyclic) bond motifs is 1. The molecule has 170 valence electrons. The topological polar surface area (TPSA) is 79.7 Å². The van der Waals surface area contributed by atoms with Gasteiger partial charge in [0.15, 0.2) is 5.13 Å². The molecule has 0 spiro atoms. The van der Waals surface area contributed by atoms with Crippen molar-refractivity contribution in [2.24, 2.45) is 0 Å². The van der Waals surface area contributed by atoms with E-state index in [-0.39, 0.29) is 11.1 Å². The van der Waals surface area contributed by atoms with E-state index in [0.717, 1.165) is 4.70 Å². The number of benzene rings is 3. The highest BCUT2D eigenvalue weighted by Crippen LogP contribution is 2.44. The quantitative estimate of drug-likeness (QED) is 0.223. The van der Waals surface area contributed by atoms with Crippen molar-refractivity contribution < 1.29 is 23.8 Å². The molecule has 1 aliphatic rings. The summed E-state index contributed by atoms with van der Waals surface area (Å²) in [6.07, 6.45) is 0. The summed E-state index contributed by atoms with van der Waals surface area (Å²) in [5.74, 6) is -1.94. The molecule has 1 atom stereocenters. The molecule has 5 rings (SSSR count). The first kappa shape index (κ1) is 22.1. The van der Waals surface area contributed by atoms with Gasteiger partial charge in [0.2, 0.25) is 0 Å². The number of carbonyl (C=O) groups is 2. The van der Waals surface area contributed by atoms with Crippen LogP contribution in [0.15, 0.2) is 72.3 Å². The van der Waals surface area contributed by atoms with E-state index >= 15 is 0 Å². The predicted octanol–water partition coefficient (Wildman–Crippen LogP) is 5.72. The number of nitrogens with zero attached hydrogens (tertiary/aromatic N) is 2. The molecule has 0 unspecified atom stereocenters. The Morgan fingerprint density at radius 2 is 1.79 bits per heavy atom. The average molecular weight is 495 g/mol. The third-order valence-corrected chi connectivity index (χ3v) is 6.81. The van der Waals surface area contributed by atoms with Gasteiger partial charge in [-0.05, 0) is 60.2 Å². The van der Waals surface area contributed by atoms with Crippen LogP contribution >= 0.6 is 22.9 Å². The molecule has 6 nitrogen and oxygen atoms in total. The highest BCUT2D eigenvalue weighted by molar-refractivity contribution is 7.22. The molecule has 1 N–H and O–H groups in total. The van der Waals surface area contributed by atoms with Crippen molar-refractivity contribution >= 4 is 55.7 Å². The van der Waals surface area contributed by atoms with Crippen LogP contribution in [0.4, 0.5) is 9.52 Å². The van der Waals surface area contributed by atoms with Crippen LogP contribution in [0.1, 0.15) is 17.2 Å². The predicted molar refractivity (Wildman–Crippen MR) is 129 cm³/mol. The van der Waals surface area contributed by atoms with Crippen LogP contribution in [-0.2, 0) is 9.59 Å². The first-order valence-electron chi connectivity index (χ1n) is 10.1. The SMILES string of the molecule is COc1ccc2nc(N3C(=O)C(=O)/C(=C(/O)c4ccc(F)cc4)[C@H]3c3ccc(Cl)cc3)sc2c1. The van der Waals surface area contributed by atoms with Gasteiger partial charge in [-0.15, -0.1) is 0 Å². The Morgan fingerprint density at radius 1 is 1.09 bits per heavy atom. The fraction of sp³-hybridized carbons (Fsp3) is 0.0800. The summed E-state index contributed by atoms with van der Waals surface area (Å²) in [5.41, 5.74) is 1.29. The smallest absolute Gasteiger partial charge is 0.301 e. The van der Waals surface area contributed by atoms with Crippen LogP contribution in [0.5, 0.6) is 5.75 Å². The standard InChI is InChI=1S/C25H16ClFN2O4S/c1-33-17-10-11-18-19(12-17)34-25(28-18)29-21(13-2-6-15(26)7-3-13)20(23(31)24(29)32)22(30)14-4-8-16(27)9-5-14/h2-12,21,30H,1H3/b22-20+/t21-/m1/s1. The number of thiazole rings is 1. The minimum atomic E-state index is -0.954. The molecular formula is C25H16ClFN2O4S. The molecule has 3 aromatic carbocycles. The van der Waals surface area contributed by atoms with Crippen LogP contribution in [0, 0.1) is 5.82 Å². The van der Waals surface area contributed by atoms with Crippen molar-refractivity contribution in [2.75, 3.05) is 12.0 Å². The number of carbonyl (C=O) groups excluding carboxylic acids is 2. The zero-order chi connectivity index (χ0) is 24.0. The number of anilines is 1. The summed E-state index contributed by atoms with van der Waals surface area (Å²) in [6.45, 7) is 0. The maximum absolute atomic E-state index is 13.4. The van der Waals surface area contributed by atoms with Crippen LogP contribution < -0.4 is 9.64 Å². The normalized spacial score (nSPS) is 17.5. The number of Topliss-reactive ketones (excluding diaryl/α,β-unsaturated/α-hetero) is 1. The first-order valence-corrected chi connectivity index (χ1v) is 11.3. The molecular weight excluding hydrogens is 479 g/mol. The van der Waals surface area contributed by atoms with Crippen LogP contribution in [0.3, 0.4) is 0 Å². The van der Waals surface area contributed by atoms with Crippen molar-refractivity contribution in [3.8, 4) is 5.75 Å². The van der Waals surface area contributed by atoms with Crippen molar-refractivity contribution in [1.82, 2.24) is 4.98 Å². The molecule has 1 saturated heterocycles. The fourth-order valence-electron chi connectivity index (χ4n) is 3.88. The minimum absolute atomic E-state index is 0.115. The number of hydrogen-bond acceptors (Lipinski definition) is 6. The number of methoxy groups -OCH3 is 1. The summed E-state index contributed by atoms with van der Waals surface area (Å²) >= 11 is 7.28. The third kappa shape index (κ3) is 3.70. The highest BCUT2D eigenvalue weighted by atomic mass is 35.5. The summed E-state index contributed by atoms with van der Waals surface area (Å²) in [4.78, 5) is 32.3. The molecule has 2 heterocycles. The molecule has 0 bridgehead atoms. The zero-order valence-corrected chi connectivity index (χ0v) is 19.2. The largest absolute Gasteiger partial charge is 0.507 e. The third-order valence-electron chi connectivity index (χ3n) is 5.54. The van der Waals surface area contributed by atoms with Gasteiger partial charge < -0.3 is 9.84 Å². The lowest BCUT2D eigenvalue weighted by Gasteiger charge is -2.23. The Labute approximate surface area is 202 Å². The molecule has 0 saturated carbocycles. The molecule has 9 heteroatoms. The van der Waals surface area contributed by atoms with Crippen molar-refractivity contribution in [3.63, 3.8) is 0 Å². The molecule has 0 aliphatic carbocycles. The molecule has 34 heavy (non-hydrogen) atoms. The van der Waals surface area contributed by atoms with Crippen molar-refractivity contribution in [3.05, 3.63) is 94.3 Å². The number of amides is 1. The van der Waals surface area contributed by atoms with Gasteiger partial charge in [-0.1, -0.05) is 35.1 Å². The van der Waals surface area contributed by atoms with E-state index in [9.17, 15) is 19.1 Å². The number of rotatable bonds is 4. The lowest BCUT2D eigenvalue weighted by molar-refractivity contribution is -0.132. The molecule has 0 radical (unpaired) electrons. The van der Waals surface area contributed by atoms with Gasteiger partial charge in [-0.3, -0.25) is 14.5 Å². The molecule has 1 fully saturated rings. The van der Waals surface area contributed by atoms with E-state index in [0.29, 0.717) is 27.0 Å². The van der Waals surface area contributed by atoms with E-state index in [4.69, 9.17) is 16.3 Å². The first-order chi connectivity index (χ1) is 16.4. The Kier molecular flexibility index (Phi) is 5.55. The van der Waals surface area contributed by atoms with Gasteiger partial charge in [0.05, 0.1) is 28.9 Å². The Morgan fingerprint density at radius 3 is 2.47 bits per heavy atom. The summed E-state index contributed by atoms with van der Waals surface area (Å²) in [5, 5.41) is 11.8. The summed E-state index contributed by atoms with van der Waals surface area (Å²) in [6, 6.07) is 16.0. The Hall–Kier alpha value is -3.75. The average Bonchev–Trinajstić information content (AvgIpc) is 3.37. The number of ketones is 1. The second-order valence-electron chi connectivity index (χ2n) is 7.56. The van der Waals surface area contributed by atoms with Crippen LogP contribution in [-0.4, -0.2) is 28.9 Å². The Balaban J connectivity index is 1.71. The number of aromatic nitrogens is 1. The van der Waals surface area contributed by atoms with Gasteiger partial charge in [0, 0.05) is 10.6 Å². The molecule has 1 amide bonds. The van der Waals surface area contributed by atoms with Crippen molar-refractivity contribution in [1.29, 1.82) is 0 Å². The summed E-state index contributed by atoms with van der Waals surface area (Å²) < 4.78 is 19.5. The lowest BCUT2D eigenvalue weighted by atomic mass is 9.95. The van der Waals surface area contributed by atoms with E-state index in [2.05, 4.69) is 4.98 Å². The van der Waals surface area contributed by atoms with Gasteiger partial charge in [-0.2, -0.15) is 0 Å². The van der Waals surface area contributed by atoms with Crippen LogP contribution in [0.2, 0.25) is 5.02 Å². The van der Waals surface area contributed by atoms with Gasteiger partial charge in [-0.25, -0.2) is 9.37 Å². The monoisotopic (exact) mass is 494 g/mol. The number of ether oxygens (including phenoxy) is 1. The van der Waals surface area contributed by atoms with E-state index in [1.54, 1.807) is 49.6 Å². The van der Waals surface area contributed by atoms with Crippen LogP contribution in [0.25, 0.3) is 16.0 Å². The van der Waals surface area contributed by atoms with E-state index < -0.39 is 29.3 Å². The second-order valence-corrected chi connectivity index (χ2v) is 9.00. The number of aliphatic hydroxyl groups is 1. The fourth-order valence-corrected chi connectivity index (χ4v) is 5.02. The molecule has 4 aromatic rings. The highest BCUT2D eigenvalue weighted by Gasteiger charge is 2.48. The number of aliphatic hydroxyl groups excluding tert-OH is 1. The molecule has 1 aliphatic heterocycles. The van der Waals surface area contributed by atoms with Gasteiger partial charge >= 0.3 is 5.91 Å². The number of hydrogen-bond donors (Lipinski definition) is 1. The maximum Gasteiger partial charge on any atom is 0.301 e. The lowest BCUT2D eigenvalue weighted by Crippen LogP contribution is -2.29. The van der Waals surface area contributed by atoms with E-state index in [1.165, 1.54) is 40.5 Å². The van der Waals surface area contributed by atoms with Crippen molar-refractivity contribution in [2.45, 2.75) is 6.04 Å². The Bertz CT molecular complexity index is 1460. The second kappa shape index (κ2) is 8.55. The number of halogens is 2. The minimum Gasteiger partial charge on any atom is -0.507 e. The van der Waals surface area contributed by atoms with Gasteiger partial charge in [0.25, 0.3) is 5.78 Å². The zero-order valence-electron chi connectivity index (χ0n) is 17.7. The summed E-state index contributed by atoms with van der Waals surface area (Å²) in [7, 11) is 1.55.